The van der Waals surface area contributed by atoms with Crippen molar-refractivity contribution in [2.45, 2.75) is 6.92 Å². The molecule has 108 valence electrons. The summed E-state index contributed by atoms with van der Waals surface area (Å²) in [5, 5.41) is 13.8. The average molecular weight is 291 g/mol. The first kappa shape index (κ1) is 14.0. The summed E-state index contributed by atoms with van der Waals surface area (Å²) in [5.74, 6) is -0.266. The van der Waals surface area contributed by atoms with Gasteiger partial charge >= 0.3 is 0 Å². The number of benzene rings is 2. The molecule has 0 aliphatic carbocycles. The molecule has 0 unspecified atom stereocenters. The predicted molar refractivity (Wildman–Crippen MR) is 83.5 cm³/mol. The Morgan fingerprint density at radius 1 is 1.05 bits per heavy atom. The molecule has 0 aliphatic rings. The van der Waals surface area contributed by atoms with Gasteiger partial charge in [-0.2, -0.15) is 10.4 Å². The molecule has 22 heavy (non-hydrogen) atoms. The van der Waals surface area contributed by atoms with Gasteiger partial charge in [-0.15, -0.1) is 0 Å². The second-order valence-electron chi connectivity index (χ2n) is 5.17. The fraction of sp³-hybridized carbons (Fsp3) is 0.111. The summed E-state index contributed by atoms with van der Waals surface area (Å²) in [6, 6.07) is 16.0. The zero-order chi connectivity index (χ0) is 15.7. The monoisotopic (exact) mass is 291 g/mol. The van der Waals surface area contributed by atoms with Crippen molar-refractivity contribution in [3.8, 4) is 28.5 Å². The van der Waals surface area contributed by atoms with E-state index in [-0.39, 0.29) is 5.82 Å². The standard InChI is InChI=1S/C18H14FN3/c1-12-9-18(21-22(12)2)17-10-14(3-4-15(17)11-20)13-5-7-16(19)8-6-13/h3-10H,1-2H3. The smallest absolute Gasteiger partial charge is 0.123 e. The summed E-state index contributed by atoms with van der Waals surface area (Å²) >= 11 is 0. The van der Waals surface area contributed by atoms with E-state index in [0.717, 1.165) is 28.1 Å². The van der Waals surface area contributed by atoms with Crippen LogP contribution in [0.5, 0.6) is 0 Å². The van der Waals surface area contributed by atoms with E-state index in [4.69, 9.17) is 0 Å². The molecule has 0 N–H and O–H groups in total. The molecule has 0 bridgehead atoms. The summed E-state index contributed by atoms with van der Waals surface area (Å²) in [6.45, 7) is 1.96. The summed E-state index contributed by atoms with van der Waals surface area (Å²) in [6.07, 6.45) is 0. The van der Waals surface area contributed by atoms with Gasteiger partial charge in [0.2, 0.25) is 0 Å². The highest BCUT2D eigenvalue weighted by Crippen LogP contribution is 2.29. The minimum atomic E-state index is -0.266. The van der Waals surface area contributed by atoms with E-state index in [9.17, 15) is 9.65 Å². The van der Waals surface area contributed by atoms with Crippen LogP contribution in [0.25, 0.3) is 22.4 Å². The van der Waals surface area contributed by atoms with E-state index in [2.05, 4.69) is 11.2 Å². The van der Waals surface area contributed by atoms with Gasteiger partial charge in [0.25, 0.3) is 0 Å². The first-order chi connectivity index (χ1) is 10.6. The Kier molecular flexibility index (Phi) is 3.48. The van der Waals surface area contributed by atoms with Crippen LogP contribution in [-0.4, -0.2) is 9.78 Å². The Morgan fingerprint density at radius 2 is 1.73 bits per heavy atom. The van der Waals surface area contributed by atoms with E-state index in [1.165, 1.54) is 12.1 Å². The van der Waals surface area contributed by atoms with Gasteiger partial charge in [-0.25, -0.2) is 4.39 Å². The van der Waals surface area contributed by atoms with Crippen molar-refractivity contribution in [3.05, 3.63) is 65.6 Å². The molecular weight excluding hydrogens is 277 g/mol. The van der Waals surface area contributed by atoms with Crippen LogP contribution in [0.1, 0.15) is 11.3 Å². The molecule has 2 aromatic carbocycles. The molecule has 1 heterocycles. The number of nitrogens with zero attached hydrogens (tertiary/aromatic N) is 3. The lowest BCUT2D eigenvalue weighted by Gasteiger charge is -2.06. The molecule has 0 aliphatic heterocycles. The van der Waals surface area contributed by atoms with Crippen molar-refractivity contribution in [2.24, 2.45) is 7.05 Å². The molecule has 3 rings (SSSR count). The normalized spacial score (nSPS) is 10.5. The molecular formula is C18H14FN3. The molecule has 0 atom stereocenters. The molecule has 0 saturated carbocycles. The first-order valence-electron chi connectivity index (χ1n) is 6.89. The Balaban J connectivity index is 2.14. The van der Waals surface area contributed by atoms with Crippen molar-refractivity contribution in [3.63, 3.8) is 0 Å². The maximum atomic E-state index is 13.1. The van der Waals surface area contributed by atoms with E-state index >= 15 is 0 Å². The molecule has 0 fully saturated rings. The summed E-state index contributed by atoms with van der Waals surface area (Å²) < 4.78 is 14.8. The lowest BCUT2D eigenvalue weighted by molar-refractivity contribution is 0.628. The number of rotatable bonds is 2. The van der Waals surface area contributed by atoms with E-state index in [1.807, 2.05) is 32.2 Å². The summed E-state index contributed by atoms with van der Waals surface area (Å²) in [4.78, 5) is 0. The lowest BCUT2D eigenvalue weighted by atomic mass is 9.98. The molecule has 3 nitrogen and oxygen atoms in total. The van der Waals surface area contributed by atoms with Crippen molar-refractivity contribution >= 4 is 0 Å². The number of aromatic nitrogens is 2. The van der Waals surface area contributed by atoms with E-state index in [1.54, 1.807) is 22.9 Å². The summed E-state index contributed by atoms with van der Waals surface area (Å²) in [7, 11) is 1.87. The van der Waals surface area contributed by atoms with Gasteiger partial charge in [0.15, 0.2) is 0 Å². The highest BCUT2D eigenvalue weighted by molar-refractivity contribution is 5.76. The van der Waals surface area contributed by atoms with Crippen LogP contribution < -0.4 is 0 Å². The summed E-state index contributed by atoms with van der Waals surface area (Å²) in [5.41, 5.74) is 4.97. The van der Waals surface area contributed by atoms with Crippen LogP contribution in [0.3, 0.4) is 0 Å². The third-order valence-electron chi connectivity index (χ3n) is 3.71. The van der Waals surface area contributed by atoms with Crippen LogP contribution in [0.2, 0.25) is 0 Å². The zero-order valence-electron chi connectivity index (χ0n) is 12.3. The van der Waals surface area contributed by atoms with Crippen LogP contribution in [-0.2, 0) is 7.05 Å². The van der Waals surface area contributed by atoms with Crippen LogP contribution in [0.15, 0.2) is 48.5 Å². The van der Waals surface area contributed by atoms with Crippen molar-refractivity contribution < 1.29 is 4.39 Å². The SMILES string of the molecule is Cc1cc(-c2cc(-c3ccc(F)cc3)ccc2C#N)nn1C. The maximum absolute atomic E-state index is 13.1. The molecule has 1 aromatic heterocycles. The van der Waals surface area contributed by atoms with Gasteiger partial charge in [-0.1, -0.05) is 18.2 Å². The predicted octanol–water partition coefficient (Wildman–Crippen LogP) is 4.07. The second kappa shape index (κ2) is 5.45. The van der Waals surface area contributed by atoms with E-state index < -0.39 is 0 Å². The van der Waals surface area contributed by atoms with Gasteiger partial charge in [0.1, 0.15) is 5.82 Å². The Labute approximate surface area is 128 Å². The Bertz CT molecular complexity index is 851. The van der Waals surface area contributed by atoms with Gasteiger partial charge < -0.3 is 0 Å². The first-order valence-corrected chi connectivity index (χ1v) is 6.89. The van der Waals surface area contributed by atoms with Crippen molar-refractivity contribution in [1.82, 2.24) is 9.78 Å². The molecule has 0 radical (unpaired) electrons. The van der Waals surface area contributed by atoms with Gasteiger partial charge in [0.05, 0.1) is 17.3 Å². The largest absolute Gasteiger partial charge is 0.272 e. The Hall–Kier alpha value is -2.93. The third kappa shape index (κ3) is 2.49. The van der Waals surface area contributed by atoms with E-state index in [0.29, 0.717) is 5.56 Å². The highest BCUT2D eigenvalue weighted by atomic mass is 19.1. The molecule has 3 aromatic rings. The van der Waals surface area contributed by atoms with Crippen molar-refractivity contribution in [2.75, 3.05) is 0 Å². The number of hydrogen-bond acceptors (Lipinski definition) is 2. The fourth-order valence-corrected chi connectivity index (χ4v) is 2.37. The second-order valence-corrected chi connectivity index (χ2v) is 5.17. The minimum Gasteiger partial charge on any atom is -0.272 e. The van der Waals surface area contributed by atoms with Crippen molar-refractivity contribution in [1.29, 1.82) is 5.26 Å². The highest BCUT2D eigenvalue weighted by Gasteiger charge is 2.11. The quantitative estimate of drug-likeness (QED) is 0.714. The topological polar surface area (TPSA) is 41.6 Å². The van der Waals surface area contributed by atoms with Crippen LogP contribution in [0, 0.1) is 24.1 Å². The lowest BCUT2D eigenvalue weighted by Crippen LogP contribution is -1.93. The van der Waals surface area contributed by atoms with Gasteiger partial charge in [-0.3, -0.25) is 4.68 Å². The molecule has 0 saturated heterocycles. The third-order valence-corrected chi connectivity index (χ3v) is 3.71. The number of hydrogen-bond donors (Lipinski definition) is 0. The average Bonchev–Trinajstić information content (AvgIpc) is 2.87. The molecule has 0 amide bonds. The van der Waals surface area contributed by atoms with Crippen LogP contribution >= 0.6 is 0 Å². The fourth-order valence-electron chi connectivity index (χ4n) is 2.37. The van der Waals surface area contributed by atoms with Gasteiger partial charge in [0, 0.05) is 18.3 Å². The van der Waals surface area contributed by atoms with Gasteiger partial charge in [-0.05, 0) is 48.4 Å². The number of aryl methyl sites for hydroxylation is 2. The Morgan fingerprint density at radius 3 is 2.32 bits per heavy atom. The molecule has 0 spiro atoms. The van der Waals surface area contributed by atoms with Crippen LogP contribution in [0.4, 0.5) is 4.39 Å². The zero-order valence-corrected chi connectivity index (χ0v) is 12.3. The number of nitriles is 1. The molecule has 4 heteroatoms. The number of halogens is 1. The maximum Gasteiger partial charge on any atom is 0.123 e. The minimum absolute atomic E-state index is 0.266.